The van der Waals surface area contributed by atoms with E-state index in [1.807, 2.05) is 30.5 Å². The van der Waals surface area contributed by atoms with Crippen LogP contribution < -0.4 is 10.6 Å². The fraction of sp³-hybridized carbons (Fsp3) is 0.273. The number of nitrogens with zero attached hydrogens (tertiary/aromatic N) is 1. The lowest BCUT2D eigenvalue weighted by atomic mass is 10.0. The summed E-state index contributed by atoms with van der Waals surface area (Å²) in [5, 5.41) is 17.5. The standard InChI is InChI=1S/C22H24N4O5/c1-31-22(28)20(13-15-14-24-19-6-3-2-5-18(15)19)25-21(27)7-4-12-23-16-8-10-17(11-9-16)26(29)30/h2-3,5-6,8-11,14,20,23-24H,4,7,12-13H2,1H3,(H,25,27)/t20-/m1/s1. The zero-order valence-electron chi connectivity index (χ0n) is 17.1. The number of ether oxygens (including phenoxy) is 1. The molecule has 0 radical (unpaired) electrons. The van der Waals surface area contributed by atoms with Gasteiger partial charge in [0.05, 0.1) is 12.0 Å². The van der Waals surface area contributed by atoms with Crippen LogP contribution in [0.25, 0.3) is 10.9 Å². The molecule has 0 saturated heterocycles. The zero-order chi connectivity index (χ0) is 22.2. The average Bonchev–Trinajstić information content (AvgIpc) is 3.19. The Hall–Kier alpha value is -3.88. The van der Waals surface area contributed by atoms with Crippen molar-refractivity contribution in [3.05, 3.63) is 70.4 Å². The number of nitro benzene ring substituents is 1. The number of aromatic amines is 1. The molecule has 0 aliphatic heterocycles. The van der Waals surface area contributed by atoms with Gasteiger partial charge in [-0.3, -0.25) is 14.9 Å². The van der Waals surface area contributed by atoms with E-state index in [4.69, 9.17) is 4.74 Å². The first-order valence-electron chi connectivity index (χ1n) is 9.88. The number of carbonyl (C=O) groups excluding carboxylic acids is 2. The van der Waals surface area contributed by atoms with Crippen molar-refractivity contribution >= 4 is 34.2 Å². The summed E-state index contributed by atoms with van der Waals surface area (Å²) in [6.45, 7) is 0.510. The van der Waals surface area contributed by atoms with Crippen molar-refractivity contribution in [3.63, 3.8) is 0 Å². The summed E-state index contributed by atoms with van der Waals surface area (Å²) in [7, 11) is 1.30. The third kappa shape index (κ3) is 5.81. The van der Waals surface area contributed by atoms with Crippen molar-refractivity contribution in [1.82, 2.24) is 10.3 Å². The van der Waals surface area contributed by atoms with E-state index >= 15 is 0 Å². The number of H-pyrrole nitrogens is 1. The number of fused-ring (bicyclic) bond motifs is 1. The molecule has 31 heavy (non-hydrogen) atoms. The summed E-state index contributed by atoms with van der Waals surface area (Å²) < 4.78 is 4.86. The van der Waals surface area contributed by atoms with Crippen LogP contribution in [0.3, 0.4) is 0 Å². The predicted octanol–water partition coefficient (Wildman–Crippen LogP) is 3.17. The van der Waals surface area contributed by atoms with Crippen LogP contribution in [-0.2, 0) is 20.7 Å². The molecule has 0 spiro atoms. The van der Waals surface area contributed by atoms with Gasteiger partial charge in [-0.1, -0.05) is 18.2 Å². The molecular weight excluding hydrogens is 400 g/mol. The van der Waals surface area contributed by atoms with Crippen molar-refractivity contribution in [2.75, 3.05) is 19.0 Å². The van der Waals surface area contributed by atoms with Crippen LogP contribution in [0.5, 0.6) is 0 Å². The van der Waals surface area contributed by atoms with E-state index in [-0.39, 0.29) is 18.0 Å². The number of hydrogen-bond donors (Lipinski definition) is 3. The summed E-state index contributed by atoms with van der Waals surface area (Å²) >= 11 is 0. The molecule has 0 aliphatic rings. The number of anilines is 1. The maximum absolute atomic E-state index is 12.4. The lowest BCUT2D eigenvalue weighted by Crippen LogP contribution is -2.43. The molecule has 3 N–H and O–H groups in total. The smallest absolute Gasteiger partial charge is 0.328 e. The number of benzene rings is 2. The van der Waals surface area contributed by atoms with Crippen LogP contribution in [-0.4, -0.2) is 41.5 Å². The highest BCUT2D eigenvalue weighted by Crippen LogP contribution is 2.19. The van der Waals surface area contributed by atoms with Gasteiger partial charge >= 0.3 is 5.97 Å². The molecule has 3 rings (SSSR count). The Morgan fingerprint density at radius 1 is 1.16 bits per heavy atom. The fourth-order valence-corrected chi connectivity index (χ4v) is 3.31. The van der Waals surface area contributed by atoms with E-state index < -0.39 is 16.9 Å². The molecule has 1 amide bonds. The summed E-state index contributed by atoms with van der Waals surface area (Å²) in [5.41, 5.74) is 2.64. The Labute approximate surface area is 178 Å². The van der Waals surface area contributed by atoms with Crippen LogP contribution in [0.2, 0.25) is 0 Å². The highest BCUT2D eigenvalue weighted by Gasteiger charge is 2.23. The third-order valence-electron chi connectivity index (χ3n) is 4.91. The number of non-ortho nitro benzene ring substituents is 1. The second-order valence-corrected chi connectivity index (χ2v) is 7.04. The van der Waals surface area contributed by atoms with Gasteiger partial charge in [0.1, 0.15) is 6.04 Å². The molecule has 3 aromatic rings. The maximum atomic E-state index is 12.4. The number of carbonyl (C=O) groups is 2. The quantitative estimate of drug-likeness (QED) is 0.199. The number of methoxy groups -OCH3 is 1. The molecule has 9 nitrogen and oxygen atoms in total. The molecule has 0 unspecified atom stereocenters. The number of amides is 1. The van der Waals surface area contributed by atoms with E-state index in [1.54, 1.807) is 12.1 Å². The van der Waals surface area contributed by atoms with Gasteiger partial charge in [0.15, 0.2) is 0 Å². The minimum atomic E-state index is -0.778. The van der Waals surface area contributed by atoms with Gasteiger partial charge < -0.3 is 20.4 Å². The van der Waals surface area contributed by atoms with E-state index in [1.165, 1.54) is 19.2 Å². The molecule has 9 heteroatoms. The highest BCUT2D eigenvalue weighted by molar-refractivity contribution is 5.87. The SMILES string of the molecule is COC(=O)[C@@H](Cc1c[nH]c2ccccc12)NC(=O)CCCNc1ccc([N+](=O)[O-])cc1. The average molecular weight is 424 g/mol. The highest BCUT2D eigenvalue weighted by atomic mass is 16.6. The number of nitrogens with one attached hydrogen (secondary N) is 3. The third-order valence-corrected chi connectivity index (χ3v) is 4.91. The number of rotatable bonds is 10. The van der Waals surface area contributed by atoms with Gasteiger partial charge in [-0.05, 0) is 30.2 Å². The van der Waals surface area contributed by atoms with Gasteiger partial charge in [-0.2, -0.15) is 0 Å². The monoisotopic (exact) mass is 424 g/mol. The minimum absolute atomic E-state index is 0.0222. The molecular formula is C22H24N4O5. The summed E-state index contributed by atoms with van der Waals surface area (Å²) in [5.74, 6) is -0.747. The van der Waals surface area contributed by atoms with Crippen LogP contribution in [0.4, 0.5) is 11.4 Å². The normalized spacial score (nSPS) is 11.6. The Kier molecular flexibility index (Phi) is 7.21. The van der Waals surface area contributed by atoms with Gasteiger partial charge in [0, 0.05) is 54.3 Å². The van der Waals surface area contributed by atoms with E-state index in [9.17, 15) is 19.7 Å². The van der Waals surface area contributed by atoms with Crippen molar-refractivity contribution in [2.24, 2.45) is 0 Å². The molecule has 2 aromatic carbocycles. The Balaban J connectivity index is 1.50. The summed E-state index contributed by atoms with van der Waals surface area (Å²) in [6, 6.07) is 13.0. The molecule has 1 atom stereocenters. The molecule has 0 aliphatic carbocycles. The minimum Gasteiger partial charge on any atom is -0.467 e. The molecule has 0 fully saturated rings. The fourth-order valence-electron chi connectivity index (χ4n) is 3.31. The van der Waals surface area contributed by atoms with E-state index in [0.717, 1.165) is 22.2 Å². The lowest BCUT2D eigenvalue weighted by molar-refractivity contribution is -0.384. The molecule has 162 valence electrons. The molecule has 1 heterocycles. The topological polar surface area (TPSA) is 126 Å². The lowest BCUT2D eigenvalue weighted by Gasteiger charge is -2.16. The van der Waals surface area contributed by atoms with Gasteiger partial charge in [0.2, 0.25) is 5.91 Å². The van der Waals surface area contributed by atoms with Crippen LogP contribution >= 0.6 is 0 Å². The molecule has 0 bridgehead atoms. The largest absolute Gasteiger partial charge is 0.467 e. The Morgan fingerprint density at radius 2 is 1.90 bits per heavy atom. The maximum Gasteiger partial charge on any atom is 0.328 e. The van der Waals surface area contributed by atoms with Gasteiger partial charge in [-0.15, -0.1) is 0 Å². The Morgan fingerprint density at radius 3 is 2.61 bits per heavy atom. The second-order valence-electron chi connectivity index (χ2n) is 7.04. The van der Waals surface area contributed by atoms with Crippen LogP contribution in [0, 0.1) is 10.1 Å². The van der Waals surface area contributed by atoms with Crippen molar-refractivity contribution < 1.29 is 19.2 Å². The summed E-state index contributed by atoms with van der Waals surface area (Å²) in [6.07, 6.45) is 2.91. The molecule has 1 aromatic heterocycles. The number of hydrogen-bond acceptors (Lipinski definition) is 6. The molecule has 0 saturated carbocycles. The second kappa shape index (κ2) is 10.2. The van der Waals surface area contributed by atoms with E-state index in [2.05, 4.69) is 15.6 Å². The summed E-state index contributed by atoms with van der Waals surface area (Å²) in [4.78, 5) is 37.9. The number of para-hydroxylation sites is 1. The van der Waals surface area contributed by atoms with Crippen molar-refractivity contribution in [2.45, 2.75) is 25.3 Å². The van der Waals surface area contributed by atoms with Crippen molar-refractivity contribution in [1.29, 1.82) is 0 Å². The number of nitro groups is 1. The first-order valence-corrected chi connectivity index (χ1v) is 9.88. The van der Waals surface area contributed by atoms with E-state index in [0.29, 0.717) is 19.4 Å². The first kappa shape index (κ1) is 21.8. The van der Waals surface area contributed by atoms with Gasteiger partial charge in [-0.25, -0.2) is 4.79 Å². The number of esters is 1. The van der Waals surface area contributed by atoms with Crippen LogP contribution in [0.1, 0.15) is 18.4 Å². The van der Waals surface area contributed by atoms with Crippen molar-refractivity contribution in [3.8, 4) is 0 Å². The predicted molar refractivity (Wildman–Crippen MR) is 117 cm³/mol. The number of aromatic nitrogens is 1. The zero-order valence-corrected chi connectivity index (χ0v) is 17.1. The first-order chi connectivity index (χ1) is 15.0. The van der Waals surface area contributed by atoms with Crippen LogP contribution in [0.15, 0.2) is 54.7 Å². The van der Waals surface area contributed by atoms with Gasteiger partial charge in [0.25, 0.3) is 5.69 Å². The Bertz CT molecular complexity index is 1060.